The monoisotopic (exact) mass is 222 g/mol. The standard InChI is InChI=1S/C6H11N2.CH4O4S/c1-3-8(2)5-4-7-6-8;1-5-6(2,3)4/h4-6H,3H2,1-2H3;1H3,(H,2,3,4)/q+1;/p-1. The van der Waals surface area contributed by atoms with E-state index in [9.17, 15) is 13.0 Å². The summed E-state index contributed by atoms with van der Waals surface area (Å²) in [6.07, 6.45) is 5.84. The van der Waals surface area contributed by atoms with Gasteiger partial charge in [-0.3, -0.25) is 8.67 Å². The van der Waals surface area contributed by atoms with Crippen molar-refractivity contribution in [2.24, 2.45) is 4.99 Å². The fourth-order valence-corrected chi connectivity index (χ4v) is 0.607. The lowest BCUT2D eigenvalue weighted by Crippen LogP contribution is -2.33. The lowest BCUT2D eigenvalue weighted by molar-refractivity contribution is -0.753. The molecule has 0 saturated heterocycles. The van der Waals surface area contributed by atoms with Gasteiger partial charge in [0.25, 0.3) is 0 Å². The molecule has 0 bridgehead atoms. The van der Waals surface area contributed by atoms with Crippen molar-refractivity contribution in [3.8, 4) is 0 Å². The van der Waals surface area contributed by atoms with Crippen molar-refractivity contribution in [3.05, 3.63) is 12.4 Å². The number of hydrogen-bond acceptors (Lipinski definition) is 5. The molecule has 1 heterocycles. The zero-order valence-corrected chi connectivity index (χ0v) is 9.19. The Morgan fingerprint density at radius 1 is 1.57 bits per heavy atom. The van der Waals surface area contributed by atoms with Crippen molar-refractivity contribution < 1.29 is 21.6 Å². The predicted octanol–water partition coefficient (Wildman–Crippen LogP) is 0.0590. The summed E-state index contributed by atoms with van der Waals surface area (Å²) in [6.45, 7) is 3.22. The number of quaternary nitrogens is 1. The second kappa shape index (κ2) is 5.20. The maximum atomic E-state index is 9.22. The smallest absolute Gasteiger partial charge is 0.217 e. The second-order valence-electron chi connectivity index (χ2n) is 2.80. The molecule has 1 aliphatic heterocycles. The van der Waals surface area contributed by atoms with E-state index in [-0.39, 0.29) is 0 Å². The van der Waals surface area contributed by atoms with Crippen molar-refractivity contribution in [3.63, 3.8) is 0 Å². The minimum atomic E-state index is -4.41. The Bertz CT molecular complexity index is 309. The quantitative estimate of drug-likeness (QED) is 0.376. The van der Waals surface area contributed by atoms with E-state index in [1.807, 2.05) is 12.5 Å². The van der Waals surface area contributed by atoms with Gasteiger partial charge in [-0.05, 0) is 6.92 Å². The van der Waals surface area contributed by atoms with Crippen molar-refractivity contribution >= 4 is 16.7 Å². The molecule has 0 spiro atoms. The van der Waals surface area contributed by atoms with Gasteiger partial charge in [0.2, 0.25) is 10.4 Å². The van der Waals surface area contributed by atoms with Crippen LogP contribution in [0.15, 0.2) is 17.4 Å². The molecule has 1 atom stereocenters. The van der Waals surface area contributed by atoms with Gasteiger partial charge >= 0.3 is 0 Å². The highest BCUT2D eigenvalue weighted by molar-refractivity contribution is 7.80. The summed E-state index contributed by atoms with van der Waals surface area (Å²) >= 11 is 0. The molecule has 0 radical (unpaired) electrons. The van der Waals surface area contributed by atoms with Crippen LogP contribution in [0, 0.1) is 0 Å². The molecule has 7 heteroatoms. The van der Waals surface area contributed by atoms with Crippen molar-refractivity contribution in [2.45, 2.75) is 6.92 Å². The molecule has 0 fully saturated rings. The molecule has 6 nitrogen and oxygen atoms in total. The van der Waals surface area contributed by atoms with Gasteiger partial charge in [-0.15, -0.1) is 0 Å². The zero-order chi connectivity index (χ0) is 11.2. The summed E-state index contributed by atoms with van der Waals surface area (Å²) in [4.78, 5) is 3.97. The SMILES string of the molecule is CC[N+]1(C)C=CN=C1.COS(=O)(=O)[O-]. The molecule has 0 saturated carbocycles. The topological polar surface area (TPSA) is 78.8 Å². The maximum absolute atomic E-state index is 9.22. The van der Waals surface area contributed by atoms with Gasteiger partial charge in [-0.1, -0.05) is 0 Å². The molecule has 0 amide bonds. The Morgan fingerprint density at radius 3 is 2.21 bits per heavy atom. The minimum Gasteiger partial charge on any atom is -0.726 e. The van der Waals surface area contributed by atoms with E-state index in [1.54, 1.807) is 0 Å². The fraction of sp³-hybridized carbons (Fsp3) is 0.571. The predicted molar refractivity (Wildman–Crippen MR) is 51.1 cm³/mol. The molecular formula is C7H14N2O4S. The Kier molecular flexibility index (Phi) is 4.92. The van der Waals surface area contributed by atoms with E-state index < -0.39 is 10.4 Å². The first kappa shape index (κ1) is 13.2. The fourth-order valence-electron chi connectivity index (χ4n) is 0.607. The number of aliphatic imine (C=N–C) groups is 1. The van der Waals surface area contributed by atoms with Crippen LogP contribution >= 0.6 is 0 Å². The molecular weight excluding hydrogens is 208 g/mol. The van der Waals surface area contributed by atoms with Crippen LogP contribution in [-0.4, -0.2) is 44.5 Å². The molecule has 0 aromatic heterocycles. The van der Waals surface area contributed by atoms with Crippen LogP contribution in [0.3, 0.4) is 0 Å². The molecule has 0 aromatic rings. The minimum absolute atomic E-state index is 0.808. The third-order valence-corrected chi connectivity index (χ3v) is 2.12. The number of nitrogens with zero attached hydrogens (tertiary/aromatic N) is 2. The van der Waals surface area contributed by atoms with Crippen molar-refractivity contribution in [2.75, 3.05) is 20.7 Å². The summed E-state index contributed by atoms with van der Waals surface area (Å²) in [6, 6.07) is 0. The normalized spacial score (nSPS) is 24.6. The molecule has 1 unspecified atom stereocenters. The van der Waals surface area contributed by atoms with Gasteiger partial charge in [-0.2, -0.15) is 0 Å². The van der Waals surface area contributed by atoms with Crippen LogP contribution in [0.25, 0.3) is 0 Å². The first-order valence-electron chi connectivity index (χ1n) is 3.91. The van der Waals surface area contributed by atoms with Crippen LogP contribution in [0.5, 0.6) is 0 Å². The Balaban J connectivity index is 0.000000255. The van der Waals surface area contributed by atoms with E-state index in [1.165, 1.54) is 0 Å². The molecule has 14 heavy (non-hydrogen) atoms. The molecule has 0 aliphatic carbocycles. The molecule has 0 N–H and O–H groups in total. The van der Waals surface area contributed by atoms with Crippen molar-refractivity contribution in [1.29, 1.82) is 0 Å². The largest absolute Gasteiger partial charge is 0.726 e. The Morgan fingerprint density at radius 2 is 2.07 bits per heavy atom. The highest BCUT2D eigenvalue weighted by atomic mass is 32.3. The summed E-state index contributed by atoms with van der Waals surface area (Å²) in [7, 11) is -1.49. The third-order valence-electron chi connectivity index (χ3n) is 1.71. The molecule has 0 aromatic carbocycles. The van der Waals surface area contributed by atoms with Crippen LogP contribution in [0.1, 0.15) is 6.92 Å². The average Bonchev–Trinajstić information content (AvgIpc) is 2.53. The molecule has 1 aliphatic rings. The van der Waals surface area contributed by atoms with Gasteiger partial charge in [0, 0.05) is 0 Å². The first-order valence-corrected chi connectivity index (χ1v) is 5.24. The number of hydrogen-bond donors (Lipinski definition) is 0. The second-order valence-corrected chi connectivity index (χ2v) is 3.95. The van der Waals surface area contributed by atoms with Crippen LogP contribution in [0.2, 0.25) is 0 Å². The van der Waals surface area contributed by atoms with E-state index in [4.69, 9.17) is 0 Å². The summed E-state index contributed by atoms with van der Waals surface area (Å²) in [5, 5.41) is 0. The van der Waals surface area contributed by atoms with Crippen LogP contribution in [0.4, 0.5) is 0 Å². The van der Waals surface area contributed by atoms with Crippen LogP contribution in [-0.2, 0) is 14.6 Å². The summed E-state index contributed by atoms with van der Waals surface area (Å²) < 4.78 is 31.9. The highest BCUT2D eigenvalue weighted by Gasteiger charge is 2.14. The van der Waals surface area contributed by atoms with Gasteiger partial charge in [0.15, 0.2) is 6.34 Å². The van der Waals surface area contributed by atoms with E-state index in [2.05, 4.69) is 29.3 Å². The lowest BCUT2D eigenvalue weighted by Gasteiger charge is -2.18. The Hall–Kier alpha value is -0.760. The lowest BCUT2D eigenvalue weighted by atomic mass is 10.5. The van der Waals surface area contributed by atoms with E-state index in [0.29, 0.717) is 0 Å². The summed E-state index contributed by atoms with van der Waals surface area (Å²) in [5.74, 6) is 0. The highest BCUT2D eigenvalue weighted by Crippen LogP contribution is 2.04. The van der Waals surface area contributed by atoms with Gasteiger partial charge in [0.05, 0.1) is 26.9 Å². The average molecular weight is 222 g/mol. The van der Waals surface area contributed by atoms with Gasteiger partial charge < -0.3 is 4.55 Å². The van der Waals surface area contributed by atoms with Crippen LogP contribution < -0.4 is 0 Å². The van der Waals surface area contributed by atoms with Gasteiger partial charge in [0.1, 0.15) is 6.20 Å². The summed E-state index contributed by atoms with van der Waals surface area (Å²) in [5.41, 5.74) is 0. The van der Waals surface area contributed by atoms with Gasteiger partial charge in [-0.25, -0.2) is 13.4 Å². The van der Waals surface area contributed by atoms with E-state index >= 15 is 0 Å². The van der Waals surface area contributed by atoms with E-state index in [0.717, 1.165) is 18.1 Å². The van der Waals surface area contributed by atoms with Crippen molar-refractivity contribution in [1.82, 2.24) is 0 Å². The maximum Gasteiger partial charge on any atom is 0.217 e. The molecule has 82 valence electrons. The zero-order valence-electron chi connectivity index (χ0n) is 8.37. The first-order chi connectivity index (χ1) is 6.33. The number of rotatable bonds is 2. The molecule has 1 rings (SSSR count). The third kappa shape index (κ3) is 5.81. The Labute approximate surface area is 84.1 Å².